The van der Waals surface area contributed by atoms with Crippen molar-refractivity contribution in [3.63, 3.8) is 0 Å². The number of imidazole rings is 1. The Labute approximate surface area is 137 Å². The molecule has 0 aliphatic carbocycles. The molecule has 0 aliphatic rings. The summed E-state index contributed by atoms with van der Waals surface area (Å²) in [5.74, 6) is -0.458. The predicted molar refractivity (Wildman–Crippen MR) is 89.6 cm³/mol. The summed E-state index contributed by atoms with van der Waals surface area (Å²) in [6.07, 6.45) is 0. The number of aromatic amines is 2. The zero-order valence-corrected chi connectivity index (χ0v) is 13.4. The summed E-state index contributed by atoms with van der Waals surface area (Å²) in [4.78, 5) is 28.8. The molecule has 0 unspecified atom stereocenters. The number of amides is 1. The van der Waals surface area contributed by atoms with Gasteiger partial charge in [-0.25, -0.2) is 17.9 Å². The zero-order chi connectivity index (χ0) is 17.3. The minimum absolute atomic E-state index is 0.00284. The highest BCUT2D eigenvalue weighted by Gasteiger charge is 2.14. The minimum atomic E-state index is -3.63. The van der Waals surface area contributed by atoms with Gasteiger partial charge in [0, 0.05) is 11.3 Å². The Kier molecular flexibility index (Phi) is 3.96. The first kappa shape index (κ1) is 16.0. The van der Waals surface area contributed by atoms with Crippen LogP contribution < -0.4 is 15.7 Å². The Morgan fingerprint density at radius 2 is 1.79 bits per heavy atom. The van der Waals surface area contributed by atoms with Crippen LogP contribution in [0.1, 0.15) is 10.4 Å². The van der Waals surface area contributed by atoms with Gasteiger partial charge in [0.05, 0.1) is 15.9 Å². The number of anilines is 1. The second-order valence-corrected chi connectivity index (χ2v) is 6.92. The molecule has 0 radical (unpaired) electrons. The molecule has 4 N–H and O–H groups in total. The number of rotatable bonds is 4. The van der Waals surface area contributed by atoms with Gasteiger partial charge in [-0.1, -0.05) is 6.07 Å². The molecule has 3 aromatic rings. The number of hydrogen-bond acceptors (Lipinski definition) is 4. The minimum Gasteiger partial charge on any atom is -0.322 e. The van der Waals surface area contributed by atoms with E-state index in [0.29, 0.717) is 16.7 Å². The first-order valence-electron chi connectivity index (χ1n) is 6.96. The van der Waals surface area contributed by atoms with Crippen molar-refractivity contribution < 1.29 is 13.2 Å². The topological polar surface area (TPSA) is 124 Å². The van der Waals surface area contributed by atoms with Crippen LogP contribution in [0.25, 0.3) is 11.0 Å². The van der Waals surface area contributed by atoms with Crippen LogP contribution in [0.2, 0.25) is 0 Å². The zero-order valence-electron chi connectivity index (χ0n) is 12.6. The first-order valence-corrected chi connectivity index (χ1v) is 8.44. The van der Waals surface area contributed by atoms with Gasteiger partial charge in [-0.2, -0.15) is 0 Å². The van der Waals surface area contributed by atoms with Crippen molar-refractivity contribution in [1.82, 2.24) is 14.7 Å². The van der Waals surface area contributed by atoms with Crippen LogP contribution in [0.5, 0.6) is 0 Å². The molecular weight excluding hydrogens is 332 g/mol. The number of sulfonamides is 1. The maximum absolute atomic E-state index is 12.3. The van der Waals surface area contributed by atoms with Crippen LogP contribution in [0.4, 0.5) is 5.69 Å². The summed E-state index contributed by atoms with van der Waals surface area (Å²) in [5, 5.41) is 2.67. The lowest BCUT2D eigenvalue weighted by molar-refractivity contribution is 0.102. The largest absolute Gasteiger partial charge is 0.323 e. The predicted octanol–water partition coefficient (Wildman–Crippen LogP) is 1.02. The lowest BCUT2D eigenvalue weighted by Gasteiger charge is -2.07. The third-order valence-corrected chi connectivity index (χ3v) is 4.86. The standard InChI is InChI=1S/C15H14N4O4S/c1-16-24(22,23)11-4-2-3-9(7-11)14(20)17-10-5-6-12-13(8-10)19-15(21)18-12/h2-8,16H,1H3,(H,17,20)(H2,18,19,21). The molecule has 0 saturated heterocycles. The summed E-state index contributed by atoms with van der Waals surface area (Å²) < 4.78 is 25.8. The Bertz CT molecular complexity index is 1080. The van der Waals surface area contributed by atoms with E-state index in [9.17, 15) is 18.0 Å². The third-order valence-electron chi connectivity index (χ3n) is 3.45. The van der Waals surface area contributed by atoms with Crippen molar-refractivity contribution in [2.45, 2.75) is 4.90 Å². The molecular formula is C15H14N4O4S. The van der Waals surface area contributed by atoms with Crippen molar-refractivity contribution in [3.05, 3.63) is 58.5 Å². The molecule has 3 rings (SSSR count). The van der Waals surface area contributed by atoms with E-state index in [1.165, 1.54) is 31.3 Å². The van der Waals surface area contributed by atoms with E-state index < -0.39 is 15.9 Å². The molecule has 0 bridgehead atoms. The van der Waals surface area contributed by atoms with Gasteiger partial charge < -0.3 is 15.3 Å². The lowest BCUT2D eigenvalue weighted by Crippen LogP contribution is -2.19. The van der Waals surface area contributed by atoms with Crippen molar-refractivity contribution >= 4 is 32.7 Å². The Morgan fingerprint density at radius 1 is 1.04 bits per heavy atom. The van der Waals surface area contributed by atoms with Gasteiger partial charge in [0.15, 0.2) is 0 Å². The first-order chi connectivity index (χ1) is 11.4. The molecule has 1 amide bonds. The Balaban J connectivity index is 1.88. The maximum atomic E-state index is 12.3. The van der Waals surface area contributed by atoms with Gasteiger partial charge in [-0.15, -0.1) is 0 Å². The molecule has 0 fully saturated rings. The Hall–Kier alpha value is -2.91. The van der Waals surface area contributed by atoms with E-state index >= 15 is 0 Å². The van der Waals surface area contributed by atoms with Gasteiger partial charge in [-0.3, -0.25) is 4.79 Å². The van der Waals surface area contributed by atoms with Crippen LogP contribution in [0.3, 0.4) is 0 Å². The summed E-state index contributed by atoms with van der Waals surface area (Å²) >= 11 is 0. The summed E-state index contributed by atoms with van der Waals surface area (Å²) in [6.45, 7) is 0. The average Bonchev–Trinajstić information content (AvgIpc) is 2.94. The number of carbonyl (C=O) groups is 1. The molecule has 24 heavy (non-hydrogen) atoms. The van der Waals surface area contributed by atoms with Gasteiger partial charge in [-0.05, 0) is 43.4 Å². The van der Waals surface area contributed by atoms with Crippen LogP contribution >= 0.6 is 0 Å². The molecule has 0 aliphatic heterocycles. The normalized spacial score (nSPS) is 11.5. The third kappa shape index (κ3) is 3.07. The van der Waals surface area contributed by atoms with Crippen LogP contribution in [-0.4, -0.2) is 31.3 Å². The van der Waals surface area contributed by atoms with Gasteiger partial charge in [0.25, 0.3) is 5.91 Å². The fourth-order valence-electron chi connectivity index (χ4n) is 2.24. The summed E-state index contributed by atoms with van der Waals surface area (Å²) in [6, 6.07) is 10.6. The number of H-pyrrole nitrogens is 2. The highest BCUT2D eigenvalue weighted by Crippen LogP contribution is 2.17. The molecule has 0 spiro atoms. The van der Waals surface area contributed by atoms with Crippen molar-refractivity contribution in [3.8, 4) is 0 Å². The molecule has 1 aromatic heterocycles. The molecule has 2 aromatic carbocycles. The SMILES string of the molecule is CNS(=O)(=O)c1cccc(C(=O)Nc2ccc3[nH]c(=O)[nH]c3c2)c1. The number of fused-ring (bicyclic) bond motifs is 1. The lowest BCUT2D eigenvalue weighted by atomic mass is 10.2. The van der Waals surface area contributed by atoms with Crippen molar-refractivity contribution in [2.75, 3.05) is 12.4 Å². The number of aromatic nitrogens is 2. The summed E-state index contributed by atoms with van der Waals surface area (Å²) in [5.41, 5.74) is 1.53. The van der Waals surface area contributed by atoms with E-state index in [2.05, 4.69) is 20.0 Å². The number of carbonyl (C=O) groups excluding carboxylic acids is 1. The Morgan fingerprint density at radius 3 is 2.54 bits per heavy atom. The van der Waals surface area contributed by atoms with E-state index in [1.807, 2.05) is 0 Å². The second kappa shape index (κ2) is 5.95. The van der Waals surface area contributed by atoms with Gasteiger partial charge in [0.2, 0.25) is 10.0 Å². The summed E-state index contributed by atoms with van der Waals surface area (Å²) in [7, 11) is -2.33. The van der Waals surface area contributed by atoms with E-state index in [-0.39, 0.29) is 16.1 Å². The number of hydrogen-bond donors (Lipinski definition) is 4. The molecule has 124 valence electrons. The molecule has 0 saturated carbocycles. The molecule has 0 atom stereocenters. The number of nitrogens with one attached hydrogen (secondary N) is 4. The maximum Gasteiger partial charge on any atom is 0.323 e. The fourth-order valence-corrected chi connectivity index (χ4v) is 3.01. The van der Waals surface area contributed by atoms with Crippen LogP contribution in [0.15, 0.2) is 52.2 Å². The van der Waals surface area contributed by atoms with E-state index in [4.69, 9.17) is 0 Å². The van der Waals surface area contributed by atoms with Gasteiger partial charge in [0.1, 0.15) is 0 Å². The quantitative estimate of drug-likeness (QED) is 0.563. The van der Waals surface area contributed by atoms with Crippen LogP contribution in [-0.2, 0) is 10.0 Å². The van der Waals surface area contributed by atoms with E-state index in [1.54, 1.807) is 18.2 Å². The molecule has 1 heterocycles. The van der Waals surface area contributed by atoms with E-state index in [0.717, 1.165) is 0 Å². The van der Waals surface area contributed by atoms with Crippen molar-refractivity contribution in [1.29, 1.82) is 0 Å². The fraction of sp³-hybridized carbons (Fsp3) is 0.0667. The van der Waals surface area contributed by atoms with Crippen molar-refractivity contribution in [2.24, 2.45) is 0 Å². The highest BCUT2D eigenvalue weighted by molar-refractivity contribution is 7.89. The second-order valence-electron chi connectivity index (χ2n) is 5.03. The highest BCUT2D eigenvalue weighted by atomic mass is 32.2. The average molecular weight is 346 g/mol. The molecule has 9 heteroatoms. The smallest absolute Gasteiger partial charge is 0.322 e. The monoisotopic (exact) mass is 346 g/mol. The van der Waals surface area contributed by atoms with Gasteiger partial charge >= 0.3 is 5.69 Å². The van der Waals surface area contributed by atoms with Crippen LogP contribution in [0, 0.1) is 0 Å². The molecule has 8 nitrogen and oxygen atoms in total. The number of benzene rings is 2.